The molecule has 1 aliphatic heterocycles. The summed E-state index contributed by atoms with van der Waals surface area (Å²) in [5.41, 5.74) is -0.251. The maximum atomic E-state index is 13.0. The third kappa shape index (κ3) is 6.51. The van der Waals surface area contributed by atoms with Crippen LogP contribution in [0.2, 0.25) is 5.02 Å². The number of benzene rings is 1. The van der Waals surface area contributed by atoms with E-state index in [0.29, 0.717) is 5.56 Å². The molecule has 164 valence electrons. The van der Waals surface area contributed by atoms with E-state index in [1.165, 1.54) is 0 Å². The standard InChI is InChI=1S/C21H30ClF3N2O2/c1-5-18-10-17(11-19(6-2)27(18)20(28)29-13(3)4)26-12-14-7-15(21(23,24)25)9-16(22)8-14/h7-9,13,17-19,26H,5-6,10-12H2,1-4H3/t17?,18-,19+. The summed E-state index contributed by atoms with van der Waals surface area (Å²) in [5, 5.41) is 3.44. The molecule has 1 aromatic rings. The molecule has 1 unspecified atom stereocenters. The average Bonchev–Trinajstić information content (AvgIpc) is 2.63. The van der Waals surface area contributed by atoms with E-state index in [1.54, 1.807) is 6.07 Å². The number of likely N-dealkylation sites (tertiary alicyclic amines) is 1. The van der Waals surface area contributed by atoms with Crippen molar-refractivity contribution in [3.05, 3.63) is 34.3 Å². The van der Waals surface area contributed by atoms with E-state index in [1.807, 2.05) is 32.6 Å². The molecule has 1 aromatic carbocycles. The zero-order chi connectivity index (χ0) is 21.8. The Kier molecular flexibility index (Phi) is 8.23. The van der Waals surface area contributed by atoms with E-state index >= 15 is 0 Å². The maximum Gasteiger partial charge on any atom is 0.416 e. The number of ether oxygens (including phenoxy) is 1. The Hall–Kier alpha value is -1.47. The van der Waals surface area contributed by atoms with Crippen molar-refractivity contribution in [1.82, 2.24) is 10.2 Å². The van der Waals surface area contributed by atoms with Gasteiger partial charge in [-0.3, -0.25) is 0 Å². The SMILES string of the molecule is CC[C@@H]1CC(NCc2cc(Cl)cc(C(F)(F)F)c2)C[C@H](CC)N1C(=O)OC(C)C. The molecule has 2 rings (SSSR count). The van der Waals surface area contributed by atoms with Gasteiger partial charge < -0.3 is 15.0 Å². The van der Waals surface area contributed by atoms with E-state index in [-0.39, 0.29) is 41.9 Å². The number of nitrogens with zero attached hydrogens (tertiary/aromatic N) is 1. The Balaban J connectivity index is 2.08. The summed E-state index contributed by atoms with van der Waals surface area (Å²) in [6.45, 7) is 8.00. The van der Waals surface area contributed by atoms with Crippen LogP contribution in [0, 0.1) is 0 Å². The molecule has 8 heteroatoms. The number of carbonyl (C=O) groups is 1. The molecule has 1 aliphatic rings. The second-order valence-electron chi connectivity index (χ2n) is 7.86. The van der Waals surface area contributed by atoms with Gasteiger partial charge in [-0.1, -0.05) is 25.4 Å². The highest BCUT2D eigenvalue weighted by Crippen LogP contribution is 2.32. The van der Waals surface area contributed by atoms with Crippen LogP contribution in [0.3, 0.4) is 0 Å². The number of nitrogens with one attached hydrogen (secondary N) is 1. The minimum Gasteiger partial charge on any atom is -0.447 e. The molecule has 1 amide bonds. The number of hydrogen-bond acceptors (Lipinski definition) is 3. The fourth-order valence-electron chi connectivity index (χ4n) is 3.91. The molecule has 0 spiro atoms. The van der Waals surface area contributed by atoms with Crippen LogP contribution in [0.25, 0.3) is 0 Å². The summed E-state index contributed by atoms with van der Waals surface area (Å²) in [6, 6.07) is 3.77. The van der Waals surface area contributed by atoms with Gasteiger partial charge in [0, 0.05) is 29.7 Å². The van der Waals surface area contributed by atoms with Gasteiger partial charge in [-0.2, -0.15) is 13.2 Å². The maximum absolute atomic E-state index is 13.0. The fourth-order valence-corrected chi connectivity index (χ4v) is 4.17. The van der Waals surface area contributed by atoms with Crippen molar-refractivity contribution >= 4 is 17.7 Å². The van der Waals surface area contributed by atoms with Crippen molar-refractivity contribution in [2.75, 3.05) is 0 Å². The van der Waals surface area contributed by atoms with Gasteiger partial charge >= 0.3 is 12.3 Å². The van der Waals surface area contributed by atoms with Crippen LogP contribution in [0.15, 0.2) is 18.2 Å². The lowest BCUT2D eigenvalue weighted by Gasteiger charge is -2.44. The number of halogens is 4. The summed E-state index contributed by atoms with van der Waals surface area (Å²) in [7, 11) is 0. The molecule has 3 atom stereocenters. The smallest absolute Gasteiger partial charge is 0.416 e. The van der Waals surface area contributed by atoms with Crippen LogP contribution < -0.4 is 5.32 Å². The predicted octanol–water partition coefficient (Wildman–Crippen LogP) is 6.02. The Bertz CT molecular complexity index is 683. The first-order valence-corrected chi connectivity index (χ1v) is 10.5. The summed E-state index contributed by atoms with van der Waals surface area (Å²) in [4.78, 5) is 14.4. The van der Waals surface area contributed by atoms with Crippen LogP contribution in [-0.4, -0.2) is 35.2 Å². The molecule has 0 saturated carbocycles. The molecular weight excluding hydrogens is 405 g/mol. The molecule has 1 N–H and O–H groups in total. The Morgan fingerprint density at radius 3 is 2.28 bits per heavy atom. The number of piperidine rings is 1. The van der Waals surface area contributed by atoms with E-state index in [9.17, 15) is 18.0 Å². The topological polar surface area (TPSA) is 41.6 Å². The number of carbonyl (C=O) groups excluding carboxylic acids is 1. The van der Waals surface area contributed by atoms with Gasteiger partial charge in [0.15, 0.2) is 0 Å². The van der Waals surface area contributed by atoms with Crippen LogP contribution in [-0.2, 0) is 17.5 Å². The van der Waals surface area contributed by atoms with Gasteiger partial charge in [-0.25, -0.2) is 4.79 Å². The van der Waals surface area contributed by atoms with Gasteiger partial charge in [0.05, 0.1) is 11.7 Å². The average molecular weight is 435 g/mol. The van der Waals surface area contributed by atoms with Crippen molar-refractivity contribution in [1.29, 1.82) is 0 Å². The van der Waals surface area contributed by atoms with Crippen LogP contribution >= 0.6 is 11.6 Å². The molecule has 1 saturated heterocycles. The van der Waals surface area contributed by atoms with Gasteiger partial charge in [0.1, 0.15) is 0 Å². The van der Waals surface area contributed by atoms with E-state index in [4.69, 9.17) is 16.3 Å². The highest BCUT2D eigenvalue weighted by Gasteiger charge is 2.38. The minimum absolute atomic E-state index is 0.0301. The molecule has 4 nitrogen and oxygen atoms in total. The zero-order valence-corrected chi connectivity index (χ0v) is 18.1. The van der Waals surface area contributed by atoms with Gasteiger partial charge in [0.25, 0.3) is 0 Å². The fraction of sp³-hybridized carbons (Fsp3) is 0.667. The van der Waals surface area contributed by atoms with Crippen LogP contribution in [0.1, 0.15) is 64.5 Å². The number of alkyl halides is 3. The normalized spacial score (nSPS) is 22.8. The quantitative estimate of drug-likeness (QED) is 0.595. The minimum atomic E-state index is -4.43. The molecule has 0 bridgehead atoms. The van der Waals surface area contributed by atoms with Crippen molar-refractivity contribution < 1.29 is 22.7 Å². The predicted molar refractivity (Wildman–Crippen MR) is 108 cm³/mol. The monoisotopic (exact) mass is 434 g/mol. The van der Waals surface area contributed by atoms with Gasteiger partial charge in [-0.05, 0) is 63.3 Å². The first-order valence-electron chi connectivity index (χ1n) is 10.1. The lowest BCUT2D eigenvalue weighted by molar-refractivity contribution is -0.137. The van der Waals surface area contributed by atoms with Gasteiger partial charge in [0.2, 0.25) is 0 Å². The summed E-state index contributed by atoms with van der Waals surface area (Å²) in [5.74, 6) is 0. The first-order chi connectivity index (χ1) is 13.5. The molecular formula is C21H30ClF3N2O2. The number of rotatable bonds is 6. The molecule has 0 radical (unpaired) electrons. The summed E-state index contributed by atoms with van der Waals surface area (Å²) < 4.78 is 44.5. The first kappa shape index (κ1) is 23.8. The molecule has 1 fully saturated rings. The highest BCUT2D eigenvalue weighted by atomic mass is 35.5. The van der Waals surface area contributed by atoms with Crippen molar-refractivity contribution in [2.45, 2.75) is 90.3 Å². The van der Waals surface area contributed by atoms with E-state index < -0.39 is 11.7 Å². The van der Waals surface area contributed by atoms with Gasteiger partial charge in [-0.15, -0.1) is 0 Å². The second-order valence-corrected chi connectivity index (χ2v) is 8.30. The van der Waals surface area contributed by atoms with Crippen LogP contribution in [0.4, 0.5) is 18.0 Å². The van der Waals surface area contributed by atoms with E-state index in [0.717, 1.165) is 37.8 Å². The lowest BCUT2D eigenvalue weighted by Crippen LogP contribution is -2.56. The van der Waals surface area contributed by atoms with Crippen LogP contribution in [0.5, 0.6) is 0 Å². The van der Waals surface area contributed by atoms with E-state index in [2.05, 4.69) is 5.32 Å². The zero-order valence-electron chi connectivity index (χ0n) is 17.4. The molecule has 29 heavy (non-hydrogen) atoms. The third-order valence-electron chi connectivity index (χ3n) is 5.27. The number of hydrogen-bond donors (Lipinski definition) is 1. The Morgan fingerprint density at radius 1 is 1.21 bits per heavy atom. The van der Waals surface area contributed by atoms with Crippen molar-refractivity contribution in [2.24, 2.45) is 0 Å². The summed E-state index contributed by atoms with van der Waals surface area (Å²) in [6.07, 6.45) is -1.86. The largest absolute Gasteiger partial charge is 0.447 e. The lowest BCUT2D eigenvalue weighted by atomic mass is 9.88. The van der Waals surface area contributed by atoms with Crippen molar-refractivity contribution in [3.8, 4) is 0 Å². The second kappa shape index (κ2) is 10.0. The Morgan fingerprint density at radius 2 is 1.79 bits per heavy atom. The Labute approximate surface area is 175 Å². The van der Waals surface area contributed by atoms with Crippen molar-refractivity contribution in [3.63, 3.8) is 0 Å². The molecule has 0 aliphatic carbocycles. The summed E-state index contributed by atoms with van der Waals surface area (Å²) >= 11 is 5.88. The molecule has 0 aromatic heterocycles. The molecule has 1 heterocycles. The third-order valence-corrected chi connectivity index (χ3v) is 5.49. The number of amides is 1. The highest BCUT2D eigenvalue weighted by molar-refractivity contribution is 6.30.